The highest BCUT2D eigenvalue weighted by Crippen LogP contribution is 2.37. The van der Waals surface area contributed by atoms with Gasteiger partial charge in [0.15, 0.2) is 0 Å². The fraction of sp³-hybridized carbons (Fsp3) is 0.308. The average molecular weight is 244 g/mol. The third kappa shape index (κ3) is 2.56. The zero-order valence-corrected chi connectivity index (χ0v) is 10.7. The summed E-state index contributed by atoms with van der Waals surface area (Å²) in [6.45, 7) is 6.12. The number of imidazole rings is 1. The molecule has 0 aliphatic carbocycles. The van der Waals surface area contributed by atoms with Crippen molar-refractivity contribution in [3.63, 3.8) is 0 Å². The van der Waals surface area contributed by atoms with Crippen molar-refractivity contribution in [3.8, 4) is 5.75 Å². The van der Waals surface area contributed by atoms with Gasteiger partial charge in [-0.2, -0.15) is 0 Å². The molecule has 0 unspecified atom stereocenters. The van der Waals surface area contributed by atoms with Crippen LogP contribution in [0.15, 0.2) is 47.3 Å². The number of phenols is 1. The zero-order chi connectivity index (χ0) is 13.2. The number of benzene rings is 1. The second-order valence-corrected chi connectivity index (χ2v) is 5.06. The maximum atomic E-state index is 10.2. The quantitative estimate of drug-likeness (QED) is 0.822. The van der Waals surface area contributed by atoms with Crippen LogP contribution in [0.25, 0.3) is 0 Å². The van der Waals surface area contributed by atoms with Gasteiger partial charge < -0.3 is 5.11 Å². The predicted molar refractivity (Wildman–Crippen MR) is 68.9 cm³/mol. The van der Waals surface area contributed by atoms with Crippen molar-refractivity contribution in [2.45, 2.75) is 26.2 Å². The van der Waals surface area contributed by atoms with Crippen LogP contribution in [0.2, 0.25) is 0 Å². The number of nitrogens with zero attached hydrogens (tertiary/aromatic N) is 4. The van der Waals surface area contributed by atoms with Gasteiger partial charge in [0.1, 0.15) is 17.8 Å². The molecule has 0 saturated carbocycles. The van der Waals surface area contributed by atoms with E-state index in [-0.39, 0.29) is 11.2 Å². The molecule has 5 heteroatoms. The molecule has 0 saturated heterocycles. The number of aromatic hydroxyl groups is 1. The van der Waals surface area contributed by atoms with E-state index in [0.29, 0.717) is 5.69 Å². The molecule has 1 heterocycles. The number of rotatable bonds is 2. The van der Waals surface area contributed by atoms with Crippen molar-refractivity contribution in [3.05, 3.63) is 42.5 Å². The maximum Gasteiger partial charge on any atom is 0.146 e. The summed E-state index contributed by atoms with van der Waals surface area (Å²) in [6, 6.07) is 5.49. The van der Waals surface area contributed by atoms with Crippen molar-refractivity contribution in [1.82, 2.24) is 9.66 Å². The molecular formula is C13H16N4O. The molecule has 1 N–H and O–H groups in total. The molecule has 0 fully saturated rings. The summed E-state index contributed by atoms with van der Waals surface area (Å²) < 4.78 is 1.48. The molecular weight excluding hydrogens is 228 g/mol. The third-order valence-electron chi connectivity index (χ3n) is 2.57. The minimum absolute atomic E-state index is 0.134. The molecule has 0 bridgehead atoms. The largest absolute Gasteiger partial charge is 0.505 e. The minimum atomic E-state index is -0.134. The lowest BCUT2D eigenvalue weighted by atomic mass is 9.86. The summed E-state index contributed by atoms with van der Waals surface area (Å²) in [6.07, 6.45) is 4.83. The Morgan fingerprint density at radius 3 is 2.67 bits per heavy atom. The van der Waals surface area contributed by atoms with Crippen molar-refractivity contribution >= 4 is 5.69 Å². The molecule has 2 aromatic rings. The standard InChI is InChI=1S/C13H16N4O/c1-13(2,3)10-5-4-6-11(12(10)18)15-16-17-8-7-14-9-17/h4-9,18H,1-3H3. The van der Waals surface area contributed by atoms with Gasteiger partial charge in [-0.05, 0) is 11.5 Å². The van der Waals surface area contributed by atoms with Gasteiger partial charge in [-0.15, -0.1) is 5.11 Å². The van der Waals surface area contributed by atoms with Gasteiger partial charge in [-0.1, -0.05) is 38.1 Å². The van der Waals surface area contributed by atoms with E-state index in [9.17, 15) is 5.11 Å². The van der Waals surface area contributed by atoms with E-state index in [0.717, 1.165) is 5.56 Å². The van der Waals surface area contributed by atoms with Crippen LogP contribution in [-0.4, -0.2) is 14.8 Å². The number of hydrogen-bond acceptors (Lipinski definition) is 4. The van der Waals surface area contributed by atoms with E-state index in [2.05, 4.69) is 15.3 Å². The smallest absolute Gasteiger partial charge is 0.146 e. The fourth-order valence-electron chi connectivity index (χ4n) is 1.62. The molecule has 0 aliphatic rings. The summed E-state index contributed by atoms with van der Waals surface area (Å²) in [4.78, 5) is 3.86. The van der Waals surface area contributed by atoms with E-state index in [1.807, 2.05) is 32.9 Å². The van der Waals surface area contributed by atoms with Crippen molar-refractivity contribution in [2.75, 3.05) is 0 Å². The lowest BCUT2D eigenvalue weighted by Crippen LogP contribution is -2.10. The molecule has 0 aliphatic heterocycles. The van der Waals surface area contributed by atoms with Gasteiger partial charge in [0.05, 0.1) is 6.20 Å². The highest BCUT2D eigenvalue weighted by Gasteiger charge is 2.19. The average Bonchev–Trinajstić information content (AvgIpc) is 2.79. The van der Waals surface area contributed by atoms with E-state index in [4.69, 9.17) is 0 Å². The third-order valence-corrected chi connectivity index (χ3v) is 2.57. The van der Waals surface area contributed by atoms with E-state index < -0.39 is 0 Å². The summed E-state index contributed by atoms with van der Waals surface area (Å²) in [5.74, 6) is 0.175. The zero-order valence-electron chi connectivity index (χ0n) is 10.7. The van der Waals surface area contributed by atoms with Crippen LogP contribution in [0.3, 0.4) is 0 Å². The van der Waals surface area contributed by atoms with Crippen LogP contribution in [0, 0.1) is 0 Å². The van der Waals surface area contributed by atoms with Crippen LogP contribution in [0.4, 0.5) is 5.69 Å². The first-order valence-corrected chi connectivity index (χ1v) is 5.71. The van der Waals surface area contributed by atoms with Crippen LogP contribution in [0.1, 0.15) is 26.3 Å². The van der Waals surface area contributed by atoms with E-state index in [1.165, 1.54) is 11.0 Å². The molecule has 94 valence electrons. The second kappa shape index (κ2) is 4.60. The second-order valence-electron chi connectivity index (χ2n) is 5.06. The van der Waals surface area contributed by atoms with Crippen LogP contribution < -0.4 is 0 Å². The Balaban J connectivity index is 2.35. The molecule has 0 atom stereocenters. The SMILES string of the molecule is CC(C)(C)c1cccc(N=Nn2ccnc2)c1O. The summed E-state index contributed by atoms with van der Waals surface area (Å²) in [5.41, 5.74) is 1.17. The molecule has 0 spiro atoms. The number of aromatic nitrogens is 2. The normalized spacial score (nSPS) is 12.2. The number of para-hydroxylation sites is 1. The van der Waals surface area contributed by atoms with Gasteiger partial charge in [-0.3, -0.25) is 0 Å². The Kier molecular flexibility index (Phi) is 3.14. The van der Waals surface area contributed by atoms with E-state index >= 15 is 0 Å². The molecule has 0 radical (unpaired) electrons. The minimum Gasteiger partial charge on any atom is -0.505 e. The molecule has 5 nitrogen and oxygen atoms in total. The Hall–Kier alpha value is -2.17. The maximum absolute atomic E-state index is 10.2. The number of phenolic OH excluding ortho intramolecular Hbond substituents is 1. The predicted octanol–water partition coefficient (Wildman–Crippen LogP) is 3.43. The summed E-state index contributed by atoms with van der Waals surface area (Å²) in [5, 5.41) is 18.1. The highest BCUT2D eigenvalue weighted by molar-refractivity contribution is 5.56. The Morgan fingerprint density at radius 2 is 2.06 bits per heavy atom. The van der Waals surface area contributed by atoms with Gasteiger partial charge in [-0.25, -0.2) is 9.66 Å². The topological polar surface area (TPSA) is 62.8 Å². The first-order valence-electron chi connectivity index (χ1n) is 5.71. The lowest BCUT2D eigenvalue weighted by molar-refractivity contribution is 0.447. The Morgan fingerprint density at radius 1 is 1.28 bits per heavy atom. The Labute approximate surface area is 106 Å². The molecule has 1 aromatic heterocycles. The first-order chi connectivity index (χ1) is 8.48. The Bertz CT molecular complexity index is 553. The van der Waals surface area contributed by atoms with Crippen LogP contribution >= 0.6 is 0 Å². The monoisotopic (exact) mass is 244 g/mol. The van der Waals surface area contributed by atoms with Crippen molar-refractivity contribution < 1.29 is 5.11 Å². The molecule has 18 heavy (non-hydrogen) atoms. The molecule has 2 rings (SSSR count). The van der Waals surface area contributed by atoms with Gasteiger partial charge in [0.25, 0.3) is 0 Å². The van der Waals surface area contributed by atoms with Gasteiger partial charge in [0.2, 0.25) is 0 Å². The molecule has 0 amide bonds. The van der Waals surface area contributed by atoms with Crippen LogP contribution in [-0.2, 0) is 5.41 Å². The van der Waals surface area contributed by atoms with Crippen molar-refractivity contribution in [1.29, 1.82) is 0 Å². The van der Waals surface area contributed by atoms with Crippen LogP contribution in [0.5, 0.6) is 5.75 Å². The van der Waals surface area contributed by atoms with Gasteiger partial charge >= 0.3 is 0 Å². The van der Waals surface area contributed by atoms with Gasteiger partial charge in [0, 0.05) is 11.8 Å². The van der Waals surface area contributed by atoms with E-state index in [1.54, 1.807) is 18.5 Å². The first kappa shape index (κ1) is 12.3. The lowest BCUT2D eigenvalue weighted by Gasteiger charge is -2.20. The highest BCUT2D eigenvalue weighted by atomic mass is 16.3. The van der Waals surface area contributed by atoms with Crippen molar-refractivity contribution in [2.24, 2.45) is 10.3 Å². The molecule has 1 aromatic carbocycles. The number of hydrogen-bond donors (Lipinski definition) is 1. The summed E-state index contributed by atoms with van der Waals surface area (Å²) in [7, 11) is 0. The summed E-state index contributed by atoms with van der Waals surface area (Å²) >= 11 is 0. The fourth-order valence-corrected chi connectivity index (χ4v) is 1.62.